The molecule has 1 atom stereocenters. The van der Waals surface area contributed by atoms with Crippen LogP contribution in [0.25, 0.3) is 0 Å². The first-order chi connectivity index (χ1) is 8.67. The summed E-state index contributed by atoms with van der Waals surface area (Å²) in [6.07, 6.45) is 8.03. The highest BCUT2D eigenvalue weighted by Gasteiger charge is 2.29. The molecule has 2 rings (SSSR count). The van der Waals surface area contributed by atoms with Gasteiger partial charge in [0.2, 0.25) is 5.91 Å². The van der Waals surface area contributed by atoms with Gasteiger partial charge in [0.05, 0.1) is 0 Å². The van der Waals surface area contributed by atoms with Crippen molar-refractivity contribution in [3.63, 3.8) is 0 Å². The summed E-state index contributed by atoms with van der Waals surface area (Å²) < 4.78 is 0. The van der Waals surface area contributed by atoms with E-state index < -0.39 is 0 Å². The van der Waals surface area contributed by atoms with E-state index in [2.05, 4.69) is 36.2 Å². The zero-order chi connectivity index (χ0) is 13.1. The number of carbonyl (C=O) groups excluding carboxylic acids is 1. The smallest absolute Gasteiger partial charge is 0.244 e. The molecule has 1 aliphatic carbocycles. The fourth-order valence-corrected chi connectivity index (χ4v) is 2.79. The Morgan fingerprint density at radius 1 is 1.56 bits per heavy atom. The number of carbonyl (C=O) groups is 1. The summed E-state index contributed by atoms with van der Waals surface area (Å²) in [4.78, 5) is 15.4. The second-order valence-corrected chi connectivity index (χ2v) is 5.19. The first-order valence-electron chi connectivity index (χ1n) is 6.42. The van der Waals surface area contributed by atoms with Crippen LogP contribution in [0.3, 0.4) is 0 Å². The quantitative estimate of drug-likeness (QED) is 0.747. The third kappa shape index (κ3) is 2.54. The van der Waals surface area contributed by atoms with Crippen LogP contribution in [0.4, 0.5) is 0 Å². The largest absolute Gasteiger partial charge is 0.341 e. The molecule has 1 amide bonds. The lowest BCUT2D eigenvalue weighted by atomic mass is 9.99. The van der Waals surface area contributed by atoms with Gasteiger partial charge in [0.25, 0.3) is 0 Å². The van der Waals surface area contributed by atoms with Gasteiger partial charge in [-0.2, -0.15) is 0 Å². The molecule has 0 saturated carbocycles. The van der Waals surface area contributed by atoms with Crippen molar-refractivity contribution in [3.8, 4) is 0 Å². The summed E-state index contributed by atoms with van der Waals surface area (Å²) in [7, 11) is 1.84. The molecule has 98 valence electrons. The molecule has 0 aromatic rings. The van der Waals surface area contributed by atoms with Crippen molar-refractivity contribution >= 4 is 18.5 Å². The molecule has 3 nitrogen and oxygen atoms in total. The molecule has 0 saturated heterocycles. The number of hydrogen-bond donors (Lipinski definition) is 2. The number of thiol groups is 1. The molecule has 1 aliphatic heterocycles. The molecule has 4 heteroatoms. The van der Waals surface area contributed by atoms with E-state index in [1.807, 2.05) is 18.9 Å². The Kier molecular flexibility index (Phi) is 4.30. The van der Waals surface area contributed by atoms with Gasteiger partial charge in [0.1, 0.15) is 6.04 Å². The molecule has 1 unspecified atom stereocenters. The van der Waals surface area contributed by atoms with Crippen molar-refractivity contribution in [2.24, 2.45) is 0 Å². The van der Waals surface area contributed by atoms with E-state index in [1.165, 1.54) is 5.57 Å². The Morgan fingerprint density at radius 2 is 2.33 bits per heavy atom. The van der Waals surface area contributed by atoms with Crippen molar-refractivity contribution in [1.29, 1.82) is 0 Å². The van der Waals surface area contributed by atoms with Crippen molar-refractivity contribution < 1.29 is 4.79 Å². The molecule has 0 fully saturated rings. The monoisotopic (exact) mass is 264 g/mol. The van der Waals surface area contributed by atoms with Gasteiger partial charge < -0.3 is 10.2 Å². The van der Waals surface area contributed by atoms with E-state index in [1.54, 1.807) is 0 Å². The highest BCUT2D eigenvalue weighted by Crippen LogP contribution is 2.27. The van der Waals surface area contributed by atoms with Crippen LogP contribution in [0, 0.1) is 0 Å². The van der Waals surface area contributed by atoms with E-state index >= 15 is 0 Å². The third-order valence-corrected chi connectivity index (χ3v) is 3.84. The van der Waals surface area contributed by atoms with Crippen molar-refractivity contribution in [3.05, 3.63) is 34.3 Å². The molecular weight excluding hydrogens is 244 g/mol. The van der Waals surface area contributed by atoms with Gasteiger partial charge >= 0.3 is 0 Å². The summed E-state index contributed by atoms with van der Waals surface area (Å²) in [5.41, 5.74) is 2.33. The Hall–Kier alpha value is -1.00. The van der Waals surface area contributed by atoms with Crippen molar-refractivity contribution in [2.75, 3.05) is 20.1 Å². The molecule has 0 spiro atoms. The second-order valence-electron chi connectivity index (χ2n) is 4.61. The predicted molar refractivity (Wildman–Crippen MR) is 77.6 cm³/mol. The minimum Gasteiger partial charge on any atom is -0.341 e. The fourth-order valence-electron chi connectivity index (χ4n) is 2.53. The molecule has 0 aromatic carbocycles. The maximum atomic E-state index is 12.4. The number of likely N-dealkylation sites (N-methyl/N-ethyl adjacent to an activating group) is 2. The summed E-state index contributed by atoms with van der Waals surface area (Å²) in [6.45, 7) is 3.58. The Bertz CT molecular complexity index is 437. The molecule has 18 heavy (non-hydrogen) atoms. The zero-order valence-corrected chi connectivity index (χ0v) is 11.8. The van der Waals surface area contributed by atoms with Crippen LogP contribution in [0.15, 0.2) is 34.3 Å². The maximum absolute atomic E-state index is 12.4. The van der Waals surface area contributed by atoms with Crippen LogP contribution in [0.5, 0.6) is 0 Å². The molecule has 0 aromatic heterocycles. The first kappa shape index (κ1) is 13.4. The Labute approximate surface area is 114 Å². The average molecular weight is 264 g/mol. The summed E-state index contributed by atoms with van der Waals surface area (Å²) in [5, 5.41) is 3.15. The molecule has 0 radical (unpaired) electrons. The molecule has 1 heterocycles. The first-order valence-corrected chi connectivity index (χ1v) is 6.87. The SMILES string of the molecule is CCN1CCC2=C(C=CCC(S)=C2)C(NC)C1=O. The minimum atomic E-state index is -0.228. The van der Waals surface area contributed by atoms with Crippen LogP contribution in [-0.4, -0.2) is 37.0 Å². The van der Waals surface area contributed by atoms with Crippen LogP contribution in [0.1, 0.15) is 19.8 Å². The summed E-state index contributed by atoms with van der Waals surface area (Å²) in [5.74, 6) is 0.172. The molecular formula is C14H20N2OS. The van der Waals surface area contributed by atoms with E-state index in [9.17, 15) is 4.79 Å². The van der Waals surface area contributed by atoms with E-state index in [0.29, 0.717) is 0 Å². The van der Waals surface area contributed by atoms with E-state index in [-0.39, 0.29) is 11.9 Å². The summed E-state index contributed by atoms with van der Waals surface area (Å²) >= 11 is 4.47. The fraction of sp³-hybridized carbons (Fsp3) is 0.500. The summed E-state index contributed by atoms with van der Waals surface area (Å²) in [6, 6.07) is -0.228. The highest BCUT2D eigenvalue weighted by molar-refractivity contribution is 7.84. The van der Waals surface area contributed by atoms with E-state index in [4.69, 9.17) is 0 Å². The second kappa shape index (κ2) is 5.76. The Balaban J connectivity index is 2.43. The number of nitrogens with one attached hydrogen (secondary N) is 1. The lowest BCUT2D eigenvalue weighted by Gasteiger charge is -2.23. The van der Waals surface area contributed by atoms with Gasteiger partial charge in [-0.05, 0) is 48.9 Å². The number of hydrogen-bond acceptors (Lipinski definition) is 3. The van der Waals surface area contributed by atoms with Crippen LogP contribution < -0.4 is 5.32 Å². The molecule has 1 N–H and O–H groups in total. The van der Waals surface area contributed by atoms with Gasteiger partial charge in [0, 0.05) is 13.1 Å². The highest BCUT2D eigenvalue weighted by atomic mass is 32.1. The maximum Gasteiger partial charge on any atom is 0.244 e. The standard InChI is InChI=1S/C14H20N2OS/c1-3-16-8-7-10-9-11(18)5-4-6-12(10)13(15-2)14(16)17/h4,6,9,13,15,18H,3,5,7-8H2,1-2H3. The normalized spacial score (nSPS) is 24.6. The third-order valence-electron chi connectivity index (χ3n) is 3.53. The lowest BCUT2D eigenvalue weighted by molar-refractivity contribution is -0.131. The number of allylic oxidation sites excluding steroid dienone is 3. The van der Waals surface area contributed by atoms with Gasteiger partial charge in [-0.1, -0.05) is 12.2 Å². The number of amides is 1. The van der Waals surface area contributed by atoms with Crippen molar-refractivity contribution in [1.82, 2.24) is 10.2 Å². The van der Waals surface area contributed by atoms with E-state index in [0.717, 1.165) is 36.4 Å². The van der Waals surface area contributed by atoms with Gasteiger partial charge in [0.15, 0.2) is 0 Å². The number of rotatable bonds is 2. The van der Waals surface area contributed by atoms with Crippen LogP contribution >= 0.6 is 12.6 Å². The molecule has 2 aliphatic rings. The minimum absolute atomic E-state index is 0.172. The van der Waals surface area contributed by atoms with Crippen molar-refractivity contribution in [2.45, 2.75) is 25.8 Å². The van der Waals surface area contributed by atoms with Crippen LogP contribution in [-0.2, 0) is 4.79 Å². The number of nitrogens with zero attached hydrogens (tertiary/aromatic N) is 1. The average Bonchev–Trinajstić information content (AvgIpc) is 2.59. The topological polar surface area (TPSA) is 32.3 Å². The van der Waals surface area contributed by atoms with Gasteiger partial charge in [-0.3, -0.25) is 4.79 Å². The molecule has 0 bridgehead atoms. The van der Waals surface area contributed by atoms with Gasteiger partial charge in [-0.15, -0.1) is 12.6 Å². The van der Waals surface area contributed by atoms with Gasteiger partial charge in [-0.25, -0.2) is 0 Å². The predicted octanol–water partition coefficient (Wildman–Crippen LogP) is 1.90. The lowest BCUT2D eigenvalue weighted by Crippen LogP contribution is -2.45. The van der Waals surface area contributed by atoms with Crippen LogP contribution in [0.2, 0.25) is 0 Å². The zero-order valence-electron chi connectivity index (χ0n) is 10.9. The Morgan fingerprint density at radius 3 is 3.00 bits per heavy atom.